The molecule has 3 rings (SSSR count). The van der Waals surface area contributed by atoms with Crippen LogP contribution in [0.25, 0.3) is 0 Å². The fourth-order valence-electron chi connectivity index (χ4n) is 3.84. The molecule has 0 radical (unpaired) electrons. The van der Waals surface area contributed by atoms with Crippen LogP contribution in [0.5, 0.6) is 11.5 Å². The Bertz CT molecular complexity index is 1150. The summed E-state index contributed by atoms with van der Waals surface area (Å²) in [6.07, 6.45) is 1.42. The van der Waals surface area contributed by atoms with Gasteiger partial charge >= 0.3 is 0 Å². The van der Waals surface area contributed by atoms with Gasteiger partial charge in [0.15, 0.2) is 11.5 Å². The fourth-order valence-corrected chi connectivity index (χ4v) is 4.68. The largest absolute Gasteiger partial charge is 0.454 e. The van der Waals surface area contributed by atoms with Crippen molar-refractivity contribution in [3.63, 3.8) is 0 Å². The Balaban J connectivity index is 1.95. The maximum atomic E-state index is 13.6. The second-order valence-electron chi connectivity index (χ2n) is 8.07. The molecule has 34 heavy (non-hydrogen) atoms. The van der Waals surface area contributed by atoms with Crippen molar-refractivity contribution in [2.45, 2.75) is 39.8 Å². The Morgan fingerprint density at radius 1 is 1.09 bits per heavy atom. The number of amides is 2. The van der Waals surface area contributed by atoms with E-state index in [1.54, 1.807) is 12.1 Å². The summed E-state index contributed by atoms with van der Waals surface area (Å²) in [7, 11) is -3.82. The summed E-state index contributed by atoms with van der Waals surface area (Å²) in [5.41, 5.74) is 2.14. The zero-order valence-electron chi connectivity index (χ0n) is 19.9. The molecule has 0 saturated heterocycles. The molecule has 2 amide bonds. The van der Waals surface area contributed by atoms with Gasteiger partial charge in [0.05, 0.1) is 11.9 Å². The lowest BCUT2D eigenvalue weighted by Crippen LogP contribution is -2.52. The van der Waals surface area contributed by atoms with Gasteiger partial charge in [-0.05, 0) is 43.5 Å². The Morgan fingerprint density at radius 2 is 1.79 bits per heavy atom. The van der Waals surface area contributed by atoms with E-state index < -0.39 is 28.5 Å². The molecule has 1 heterocycles. The van der Waals surface area contributed by atoms with Gasteiger partial charge in [-0.3, -0.25) is 13.9 Å². The molecular formula is C24H31N3O6S. The number of likely N-dealkylation sites (N-methyl/N-ethyl adjacent to an activating group) is 1. The summed E-state index contributed by atoms with van der Waals surface area (Å²) in [5, 5.41) is 2.78. The normalized spacial score (nSPS) is 13.3. The number of carbonyl (C=O) groups is 2. The number of carbonyl (C=O) groups excluding carboxylic acids is 2. The number of aryl methyl sites for hydroxylation is 1. The van der Waals surface area contributed by atoms with Crippen LogP contribution in [0.2, 0.25) is 0 Å². The molecule has 10 heteroatoms. The van der Waals surface area contributed by atoms with Gasteiger partial charge in [-0.2, -0.15) is 0 Å². The maximum Gasteiger partial charge on any atom is 0.244 e. The number of anilines is 1. The second-order valence-corrected chi connectivity index (χ2v) is 9.98. The molecule has 2 aromatic carbocycles. The van der Waals surface area contributed by atoms with Gasteiger partial charge in [-0.15, -0.1) is 0 Å². The van der Waals surface area contributed by atoms with Gasteiger partial charge in [-0.25, -0.2) is 8.42 Å². The molecule has 0 bridgehead atoms. The standard InChI is InChI=1S/C24H31N3O6S/c1-5-20(24(29)25-6-2)26(14-18-10-8-7-9-17(18)3)23(28)15-27(34(4,30)31)19-11-12-21-22(13-19)33-16-32-21/h7-13,20H,5-6,14-16H2,1-4H3,(H,25,29)/t20-/m0/s1. The third-order valence-electron chi connectivity index (χ3n) is 5.66. The van der Waals surface area contributed by atoms with Crippen molar-refractivity contribution in [1.82, 2.24) is 10.2 Å². The first kappa shape index (κ1) is 25.4. The molecule has 9 nitrogen and oxygen atoms in total. The molecule has 1 aliphatic rings. The van der Waals surface area contributed by atoms with Crippen LogP contribution in [0.3, 0.4) is 0 Å². The summed E-state index contributed by atoms with van der Waals surface area (Å²) in [5.74, 6) is 0.154. The van der Waals surface area contributed by atoms with Crippen LogP contribution in [0, 0.1) is 6.92 Å². The third-order valence-corrected chi connectivity index (χ3v) is 6.80. The van der Waals surface area contributed by atoms with Crippen LogP contribution in [-0.4, -0.2) is 57.3 Å². The number of hydrogen-bond acceptors (Lipinski definition) is 6. The summed E-state index contributed by atoms with van der Waals surface area (Å²) in [6.45, 7) is 5.76. The summed E-state index contributed by atoms with van der Waals surface area (Å²) in [4.78, 5) is 27.9. The summed E-state index contributed by atoms with van der Waals surface area (Å²) >= 11 is 0. The van der Waals surface area contributed by atoms with Crippen LogP contribution in [0.4, 0.5) is 5.69 Å². The molecule has 0 saturated carbocycles. The van der Waals surface area contributed by atoms with E-state index in [1.165, 1.54) is 11.0 Å². The number of nitrogens with zero attached hydrogens (tertiary/aromatic N) is 2. The van der Waals surface area contributed by atoms with Crippen LogP contribution < -0.4 is 19.1 Å². The molecule has 1 atom stereocenters. The van der Waals surface area contributed by atoms with Gasteiger partial charge in [0.25, 0.3) is 0 Å². The van der Waals surface area contributed by atoms with Crippen LogP contribution in [0.15, 0.2) is 42.5 Å². The van der Waals surface area contributed by atoms with Crippen LogP contribution in [0.1, 0.15) is 31.4 Å². The molecule has 2 aromatic rings. The Kier molecular flexibility index (Phi) is 8.03. The van der Waals surface area contributed by atoms with E-state index in [1.807, 2.05) is 45.0 Å². The fraction of sp³-hybridized carbons (Fsp3) is 0.417. The van der Waals surface area contributed by atoms with E-state index in [0.717, 1.165) is 21.7 Å². The number of sulfonamides is 1. The number of rotatable bonds is 10. The van der Waals surface area contributed by atoms with Crippen molar-refractivity contribution in [1.29, 1.82) is 0 Å². The Labute approximate surface area is 200 Å². The zero-order chi connectivity index (χ0) is 24.9. The van der Waals surface area contributed by atoms with Gasteiger partial charge in [-0.1, -0.05) is 31.2 Å². The van der Waals surface area contributed by atoms with Gasteiger partial charge in [0.2, 0.25) is 28.6 Å². The number of hydrogen-bond donors (Lipinski definition) is 1. The minimum atomic E-state index is -3.82. The average Bonchev–Trinajstić information content (AvgIpc) is 3.25. The Hall–Kier alpha value is -3.27. The zero-order valence-corrected chi connectivity index (χ0v) is 20.7. The van der Waals surface area contributed by atoms with E-state index in [4.69, 9.17) is 9.47 Å². The smallest absolute Gasteiger partial charge is 0.244 e. The van der Waals surface area contributed by atoms with Crippen molar-refractivity contribution in [3.05, 3.63) is 53.6 Å². The lowest BCUT2D eigenvalue weighted by Gasteiger charge is -2.33. The Morgan fingerprint density at radius 3 is 2.44 bits per heavy atom. The molecule has 1 aliphatic heterocycles. The topological polar surface area (TPSA) is 105 Å². The predicted octanol–water partition coefficient (Wildman–Crippen LogP) is 2.43. The number of benzene rings is 2. The highest BCUT2D eigenvalue weighted by Gasteiger charge is 2.32. The molecule has 0 aliphatic carbocycles. The highest BCUT2D eigenvalue weighted by molar-refractivity contribution is 7.92. The van der Waals surface area contributed by atoms with Crippen LogP contribution >= 0.6 is 0 Å². The minimum Gasteiger partial charge on any atom is -0.454 e. The molecule has 184 valence electrons. The first-order valence-corrected chi connectivity index (χ1v) is 13.0. The quantitative estimate of drug-likeness (QED) is 0.550. The highest BCUT2D eigenvalue weighted by Crippen LogP contribution is 2.36. The lowest BCUT2D eigenvalue weighted by molar-refractivity contribution is -0.140. The molecule has 0 unspecified atom stereocenters. The first-order valence-electron chi connectivity index (χ1n) is 11.1. The molecule has 0 aromatic heterocycles. The van der Waals surface area contributed by atoms with Crippen molar-refractivity contribution in [2.75, 3.05) is 30.4 Å². The third kappa shape index (κ3) is 5.80. The molecular weight excluding hydrogens is 458 g/mol. The van der Waals surface area contributed by atoms with Crippen molar-refractivity contribution >= 4 is 27.5 Å². The van der Waals surface area contributed by atoms with Crippen molar-refractivity contribution in [3.8, 4) is 11.5 Å². The SMILES string of the molecule is CCNC(=O)[C@H](CC)N(Cc1ccccc1C)C(=O)CN(c1ccc2c(c1)OCO2)S(C)(=O)=O. The van der Waals surface area contributed by atoms with E-state index in [2.05, 4.69) is 5.32 Å². The highest BCUT2D eigenvalue weighted by atomic mass is 32.2. The molecule has 0 fully saturated rings. The van der Waals surface area contributed by atoms with E-state index in [-0.39, 0.29) is 24.9 Å². The first-order chi connectivity index (χ1) is 16.2. The molecule has 1 N–H and O–H groups in total. The van der Waals surface area contributed by atoms with Crippen molar-refractivity contribution in [2.24, 2.45) is 0 Å². The average molecular weight is 490 g/mol. The summed E-state index contributed by atoms with van der Waals surface area (Å²) in [6, 6.07) is 11.6. The lowest BCUT2D eigenvalue weighted by atomic mass is 10.1. The van der Waals surface area contributed by atoms with Crippen LogP contribution in [-0.2, 0) is 26.2 Å². The van der Waals surface area contributed by atoms with Gasteiger partial charge in [0.1, 0.15) is 12.6 Å². The number of nitrogens with one attached hydrogen (secondary N) is 1. The predicted molar refractivity (Wildman–Crippen MR) is 129 cm³/mol. The van der Waals surface area contributed by atoms with E-state index in [0.29, 0.717) is 24.5 Å². The monoisotopic (exact) mass is 489 g/mol. The van der Waals surface area contributed by atoms with Crippen molar-refractivity contribution < 1.29 is 27.5 Å². The van der Waals surface area contributed by atoms with E-state index in [9.17, 15) is 18.0 Å². The van der Waals surface area contributed by atoms with Gasteiger partial charge < -0.3 is 19.7 Å². The second kappa shape index (κ2) is 10.8. The summed E-state index contributed by atoms with van der Waals surface area (Å²) < 4.78 is 37.1. The number of fused-ring (bicyclic) bond motifs is 1. The van der Waals surface area contributed by atoms with E-state index >= 15 is 0 Å². The minimum absolute atomic E-state index is 0.0471. The van der Waals surface area contributed by atoms with Gasteiger partial charge in [0, 0.05) is 19.2 Å². The molecule has 0 spiro atoms. The maximum absolute atomic E-state index is 13.6. The number of ether oxygens (including phenoxy) is 2.